The minimum Gasteiger partial charge on any atom is -0.481 e. The van der Waals surface area contributed by atoms with Crippen molar-refractivity contribution in [1.82, 2.24) is 4.90 Å². The number of carboxylic acid groups (broad SMARTS) is 1. The van der Waals surface area contributed by atoms with Crippen LogP contribution in [0.4, 0.5) is 0 Å². The molecular formula is C11H17NO5S. The molecule has 0 bridgehead atoms. The maximum Gasteiger partial charge on any atom is 0.308 e. The van der Waals surface area contributed by atoms with E-state index in [9.17, 15) is 18.0 Å². The van der Waals surface area contributed by atoms with Crippen LogP contribution in [-0.2, 0) is 19.4 Å². The minimum absolute atomic E-state index is 0.130. The highest BCUT2D eigenvalue weighted by atomic mass is 32.2. The van der Waals surface area contributed by atoms with Crippen LogP contribution in [0.1, 0.15) is 25.7 Å². The zero-order valence-electron chi connectivity index (χ0n) is 10.0. The molecule has 0 aliphatic carbocycles. The van der Waals surface area contributed by atoms with Gasteiger partial charge in [-0.15, -0.1) is 0 Å². The van der Waals surface area contributed by atoms with Crippen molar-refractivity contribution in [3.05, 3.63) is 0 Å². The number of rotatable bonds is 3. The highest BCUT2D eigenvalue weighted by molar-refractivity contribution is 7.92. The van der Waals surface area contributed by atoms with Crippen LogP contribution in [0, 0.1) is 5.92 Å². The Morgan fingerprint density at radius 2 is 2.11 bits per heavy atom. The molecule has 7 heteroatoms. The van der Waals surface area contributed by atoms with Gasteiger partial charge in [-0.05, 0) is 19.3 Å². The van der Waals surface area contributed by atoms with Crippen molar-refractivity contribution in [1.29, 1.82) is 0 Å². The molecule has 0 aromatic carbocycles. The Bertz CT molecular complexity index is 458. The molecule has 0 spiro atoms. The molecule has 2 saturated heterocycles. The van der Waals surface area contributed by atoms with Crippen LogP contribution in [0.2, 0.25) is 0 Å². The van der Waals surface area contributed by atoms with Gasteiger partial charge in [-0.25, -0.2) is 8.42 Å². The number of amides is 1. The number of piperidine rings is 1. The first-order valence-electron chi connectivity index (χ1n) is 6.12. The Hall–Kier alpha value is -1.11. The summed E-state index contributed by atoms with van der Waals surface area (Å²) in [7, 11) is -3.09. The predicted molar refractivity (Wildman–Crippen MR) is 63.7 cm³/mol. The minimum atomic E-state index is -3.09. The summed E-state index contributed by atoms with van der Waals surface area (Å²) in [4.78, 5) is 24.0. The molecule has 0 aromatic heterocycles. The first-order valence-corrected chi connectivity index (χ1v) is 7.84. The quantitative estimate of drug-likeness (QED) is 0.775. The van der Waals surface area contributed by atoms with Crippen LogP contribution in [0.15, 0.2) is 0 Å². The summed E-state index contributed by atoms with van der Waals surface area (Å²) in [6.45, 7) is 0.297. The maximum atomic E-state index is 11.7. The molecule has 0 aromatic rings. The van der Waals surface area contributed by atoms with Crippen molar-refractivity contribution < 1.29 is 23.1 Å². The largest absolute Gasteiger partial charge is 0.481 e. The highest BCUT2D eigenvalue weighted by Crippen LogP contribution is 2.24. The average molecular weight is 275 g/mol. The Morgan fingerprint density at radius 1 is 1.39 bits per heavy atom. The van der Waals surface area contributed by atoms with Gasteiger partial charge in [-0.3, -0.25) is 9.59 Å². The van der Waals surface area contributed by atoms with Crippen molar-refractivity contribution in [2.24, 2.45) is 5.92 Å². The second kappa shape index (κ2) is 4.87. The molecule has 2 heterocycles. The SMILES string of the molecule is O=C(O)C1CCC(=O)N(CC2CCCS2(=O)=O)C1. The number of aliphatic carboxylic acids is 1. The third kappa shape index (κ3) is 2.66. The zero-order valence-corrected chi connectivity index (χ0v) is 10.9. The molecule has 0 radical (unpaired) electrons. The Morgan fingerprint density at radius 3 is 2.67 bits per heavy atom. The summed E-state index contributed by atoms with van der Waals surface area (Å²) in [6, 6.07) is 0. The monoisotopic (exact) mass is 275 g/mol. The fourth-order valence-electron chi connectivity index (χ4n) is 2.60. The summed E-state index contributed by atoms with van der Waals surface area (Å²) < 4.78 is 23.4. The van der Waals surface area contributed by atoms with Gasteiger partial charge in [-0.2, -0.15) is 0 Å². The van der Waals surface area contributed by atoms with Gasteiger partial charge in [0.2, 0.25) is 5.91 Å². The van der Waals surface area contributed by atoms with E-state index in [1.54, 1.807) is 0 Å². The van der Waals surface area contributed by atoms with Crippen LogP contribution in [0.25, 0.3) is 0 Å². The number of hydrogen-bond donors (Lipinski definition) is 1. The van der Waals surface area contributed by atoms with Gasteiger partial charge in [0, 0.05) is 19.5 Å². The van der Waals surface area contributed by atoms with Gasteiger partial charge < -0.3 is 10.0 Å². The van der Waals surface area contributed by atoms with E-state index in [1.807, 2.05) is 0 Å². The predicted octanol–water partition coefficient (Wildman–Crippen LogP) is -0.113. The van der Waals surface area contributed by atoms with Crippen molar-refractivity contribution in [3.63, 3.8) is 0 Å². The molecule has 2 aliphatic rings. The zero-order chi connectivity index (χ0) is 13.3. The summed E-state index contributed by atoms with van der Waals surface area (Å²) >= 11 is 0. The molecular weight excluding hydrogens is 258 g/mol. The Balaban J connectivity index is 2.03. The fraction of sp³-hybridized carbons (Fsp3) is 0.818. The molecule has 18 heavy (non-hydrogen) atoms. The summed E-state index contributed by atoms with van der Waals surface area (Å²) in [5.41, 5.74) is 0. The van der Waals surface area contributed by atoms with Crippen molar-refractivity contribution in [2.75, 3.05) is 18.8 Å². The van der Waals surface area contributed by atoms with Crippen LogP contribution >= 0.6 is 0 Å². The van der Waals surface area contributed by atoms with E-state index in [4.69, 9.17) is 5.11 Å². The van der Waals surface area contributed by atoms with Crippen LogP contribution < -0.4 is 0 Å². The van der Waals surface area contributed by atoms with Crippen molar-refractivity contribution in [2.45, 2.75) is 30.9 Å². The smallest absolute Gasteiger partial charge is 0.308 e. The first kappa shape index (κ1) is 13.3. The van der Waals surface area contributed by atoms with E-state index in [0.717, 1.165) is 0 Å². The summed E-state index contributed by atoms with van der Waals surface area (Å²) in [6.07, 6.45) is 1.76. The second-order valence-electron chi connectivity index (χ2n) is 5.00. The van der Waals surface area contributed by atoms with E-state index in [-0.39, 0.29) is 31.2 Å². The standard InChI is InChI=1S/C11H17NO5S/c13-10-4-3-8(11(14)15)6-12(10)7-9-2-1-5-18(9,16)17/h8-9H,1-7H2,(H,14,15). The highest BCUT2D eigenvalue weighted by Gasteiger charge is 2.37. The number of sulfone groups is 1. The van der Waals surface area contributed by atoms with E-state index >= 15 is 0 Å². The summed E-state index contributed by atoms with van der Waals surface area (Å²) in [5, 5.41) is 8.44. The molecule has 1 amide bonds. The number of nitrogens with zero attached hydrogens (tertiary/aromatic N) is 1. The van der Waals surface area contributed by atoms with Crippen LogP contribution in [0.5, 0.6) is 0 Å². The van der Waals surface area contributed by atoms with Crippen molar-refractivity contribution >= 4 is 21.7 Å². The van der Waals surface area contributed by atoms with Crippen molar-refractivity contribution in [3.8, 4) is 0 Å². The Kier molecular flexibility index (Phi) is 3.61. The van der Waals surface area contributed by atoms with Gasteiger partial charge in [0.1, 0.15) is 0 Å². The van der Waals surface area contributed by atoms with E-state index in [0.29, 0.717) is 19.3 Å². The lowest BCUT2D eigenvalue weighted by atomic mass is 9.97. The third-order valence-corrected chi connectivity index (χ3v) is 5.99. The molecule has 2 rings (SSSR count). The molecule has 1 N–H and O–H groups in total. The molecule has 2 fully saturated rings. The lowest BCUT2D eigenvalue weighted by molar-refractivity contribution is -0.147. The molecule has 102 valence electrons. The second-order valence-corrected chi connectivity index (χ2v) is 7.40. The van der Waals surface area contributed by atoms with Gasteiger partial charge >= 0.3 is 5.97 Å². The molecule has 6 nitrogen and oxygen atoms in total. The molecule has 2 atom stereocenters. The van der Waals surface area contributed by atoms with Gasteiger partial charge in [-0.1, -0.05) is 0 Å². The topological polar surface area (TPSA) is 91.8 Å². The van der Waals surface area contributed by atoms with Gasteiger partial charge in [0.25, 0.3) is 0 Å². The lowest BCUT2D eigenvalue weighted by Gasteiger charge is -2.32. The van der Waals surface area contributed by atoms with E-state index < -0.39 is 27.0 Å². The van der Waals surface area contributed by atoms with Crippen LogP contribution in [0.3, 0.4) is 0 Å². The van der Waals surface area contributed by atoms with Gasteiger partial charge in [0.05, 0.1) is 16.9 Å². The number of likely N-dealkylation sites (tertiary alicyclic amines) is 1. The van der Waals surface area contributed by atoms with Crippen LogP contribution in [-0.4, -0.2) is 54.4 Å². The summed E-state index contributed by atoms with van der Waals surface area (Å²) in [5.74, 6) is -1.43. The maximum absolute atomic E-state index is 11.7. The number of carboxylic acids is 1. The molecule has 2 aliphatic heterocycles. The lowest BCUT2D eigenvalue weighted by Crippen LogP contribution is -2.46. The average Bonchev–Trinajstić information content (AvgIpc) is 2.61. The normalized spacial score (nSPS) is 31.6. The van der Waals surface area contributed by atoms with E-state index in [2.05, 4.69) is 0 Å². The first-order chi connectivity index (χ1) is 8.40. The Labute approximate surface area is 106 Å². The van der Waals surface area contributed by atoms with Gasteiger partial charge in [0.15, 0.2) is 9.84 Å². The van der Waals surface area contributed by atoms with E-state index in [1.165, 1.54) is 4.90 Å². The number of carbonyl (C=O) groups is 2. The molecule has 2 unspecified atom stereocenters. The fourth-order valence-corrected chi connectivity index (χ4v) is 4.44. The number of carbonyl (C=O) groups excluding carboxylic acids is 1. The number of hydrogen-bond acceptors (Lipinski definition) is 4. The molecule has 0 saturated carbocycles. The third-order valence-electron chi connectivity index (χ3n) is 3.74.